The molecular formula is C27H22N2O3. The van der Waals surface area contributed by atoms with Gasteiger partial charge in [-0.3, -0.25) is 4.79 Å². The number of carbonyl (C=O) groups is 2. The molecule has 0 atom stereocenters. The third kappa shape index (κ3) is 5.08. The molecule has 1 N–H and O–H groups in total. The standard InChI is InChI=1S/C27H22N2O3/c1-19-8-7-12-22(16-19)27(31)32-25-15-14-21-11-5-6-13-23(21)24(25)18-28-29-26(30)17-20-9-3-2-4-10-20/h2-16,18H,17H2,1H3,(H,29,30). The Morgan fingerprint density at radius 3 is 2.50 bits per heavy atom. The van der Waals surface area contributed by atoms with Gasteiger partial charge in [-0.2, -0.15) is 5.10 Å². The summed E-state index contributed by atoms with van der Waals surface area (Å²) in [6.45, 7) is 1.92. The zero-order valence-electron chi connectivity index (χ0n) is 17.6. The van der Waals surface area contributed by atoms with Crippen molar-refractivity contribution in [2.45, 2.75) is 13.3 Å². The number of rotatable bonds is 6. The highest BCUT2D eigenvalue weighted by Gasteiger charge is 2.14. The highest BCUT2D eigenvalue weighted by atomic mass is 16.5. The van der Waals surface area contributed by atoms with Crippen molar-refractivity contribution in [3.63, 3.8) is 0 Å². The molecule has 0 saturated heterocycles. The van der Waals surface area contributed by atoms with Crippen molar-refractivity contribution in [2.24, 2.45) is 5.10 Å². The van der Waals surface area contributed by atoms with Crippen LogP contribution in [0, 0.1) is 6.92 Å². The van der Waals surface area contributed by atoms with E-state index in [1.165, 1.54) is 6.21 Å². The number of nitrogens with zero attached hydrogens (tertiary/aromatic N) is 1. The van der Waals surface area contributed by atoms with Crippen LogP contribution in [0.4, 0.5) is 0 Å². The van der Waals surface area contributed by atoms with Crippen LogP contribution in [0.2, 0.25) is 0 Å². The number of carbonyl (C=O) groups excluding carboxylic acids is 2. The van der Waals surface area contributed by atoms with E-state index in [0.717, 1.165) is 21.9 Å². The van der Waals surface area contributed by atoms with Gasteiger partial charge in [-0.1, -0.05) is 78.4 Å². The molecule has 0 radical (unpaired) electrons. The zero-order chi connectivity index (χ0) is 22.3. The van der Waals surface area contributed by atoms with Crippen LogP contribution in [-0.2, 0) is 11.2 Å². The molecular weight excluding hydrogens is 400 g/mol. The van der Waals surface area contributed by atoms with E-state index in [9.17, 15) is 9.59 Å². The predicted octanol–water partition coefficient (Wildman–Crippen LogP) is 5.06. The zero-order valence-corrected chi connectivity index (χ0v) is 17.6. The smallest absolute Gasteiger partial charge is 0.343 e. The Kier molecular flexibility index (Phi) is 6.37. The SMILES string of the molecule is Cc1cccc(C(=O)Oc2ccc3ccccc3c2C=NNC(=O)Cc2ccccc2)c1. The number of benzene rings is 4. The lowest BCUT2D eigenvalue weighted by Crippen LogP contribution is -2.19. The molecule has 32 heavy (non-hydrogen) atoms. The molecule has 0 aromatic heterocycles. The maximum atomic E-state index is 12.7. The largest absolute Gasteiger partial charge is 0.422 e. The molecule has 0 spiro atoms. The molecule has 1 amide bonds. The lowest BCUT2D eigenvalue weighted by molar-refractivity contribution is -0.120. The van der Waals surface area contributed by atoms with Gasteiger partial charge in [0.05, 0.1) is 18.2 Å². The lowest BCUT2D eigenvalue weighted by Gasteiger charge is -2.11. The third-order valence-electron chi connectivity index (χ3n) is 4.98. The normalized spacial score (nSPS) is 10.9. The van der Waals surface area contributed by atoms with E-state index in [1.54, 1.807) is 18.2 Å². The van der Waals surface area contributed by atoms with Gasteiger partial charge < -0.3 is 4.74 Å². The number of nitrogens with one attached hydrogen (secondary N) is 1. The van der Waals surface area contributed by atoms with E-state index in [4.69, 9.17) is 4.74 Å². The van der Waals surface area contributed by atoms with Crippen molar-refractivity contribution in [3.8, 4) is 5.75 Å². The van der Waals surface area contributed by atoms with E-state index in [0.29, 0.717) is 16.9 Å². The Balaban J connectivity index is 1.58. The van der Waals surface area contributed by atoms with E-state index in [-0.39, 0.29) is 12.3 Å². The molecule has 158 valence electrons. The molecule has 0 heterocycles. The number of fused-ring (bicyclic) bond motifs is 1. The van der Waals surface area contributed by atoms with Crippen LogP contribution in [-0.4, -0.2) is 18.1 Å². The number of ether oxygens (including phenoxy) is 1. The second-order valence-corrected chi connectivity index (χ2v) is 7.41. The average Bonchev–Trinajstić information content (AvgIpc) is 2.81. The maximum absolute atomic E-state index is 12.7. The van der Waals surface area contributed by atoms with Crippen LogP contribution in [0.5, 0.6) is 5.75 Å². The summed E-state index contributed by atoms with van der Waals surface area (Å²) in [6, 6.07) is 28.0. The van der Waals surface area contributed by atoms with Crippen LogP contribution in [0.25, 0.3) is 10.8 Å². The minimum Gasteiger partial charge on any atom is -0.422 e. The van der Waals surface area contributed by atoms with Gasteiger partial charge in [0.2, 0.25) is 5.91 Å². The van der Waals surface area contributed by atoms with Crippen molar-refractivity contribution < 1.29 is 14.3 Å². The summed E-state index contributed by atoms with van der Waals surface area (Å²) in [7, 11) is 0. The first-order valence-corrected chi connectivity index (χ1v) is 10.3. The Morgan fingerprint density at radius 1 is 0.906 bits per heavy atom. The van der Waals surface area contributed by atoms with Gasteiger partial charge in [0.15, 0.2) is 0 Å². The highest BCUT2D eigenvalue weighted by Crippen LogP contribution is 2.27. The van der Waals surface area contributed by atoms with Gasteiger partial charge >= 0.3 is 5.97 Å². The second-order valence-electron chi connectivity index (χ2n) is 7.41. The van der Waals surface area contributed by atoms with Gasteiger partial charge in [-0.15, -0.1) is 0 Å². The summed E-state index contributed by atoms with van der Waals surface area (Å²) in [4.78, 5) is 24.9. The lowest BCUT2D eigenvalue weighted by atomic mass is 10.0. The summed E-state index contributed by atoms with van der Waals surface area (Å²) >= 11 is 0. The molecule has 4 rings (SSSR count). The van der Waals surface area contributed by atoms with Crippen LogP contribution >= 0.6 is 0 Å². The Bertz CT molecular complexity index is 1300. The van der Waals surface area contributed by atoms with Crippen molar-refractivity contribution in [1.29, 1.82) is 0 Å². The van der Waals surface area contributed by atoms with Crippen molar-refractivity contribution >= 4 is 28.9 Å². The van der Waals surface area contributed by atoms with E-state index < -0.39 is 5.97 Å². The molecule has 5 nitrogen and oxygen atoms in total. The van der Waals surface area contributed by atoms with Crippen LogP contribution in [0.15, 0.2) is 96.1 Å². The first-order valence-electron chi connectivity index (χ1n) is 10.3. The summed E-state index contributed by atoms with van der Waals surface area (Å²) in [5.74, 6) is -0.311. The molecule has 0 aliphatic carbocycles. The Labute approximate surface area is 186 Å². The van der Waals surface area contributed by atoms with Gasteiger partial charge in [0, 0.05) is 5.56 Å². The third-order valence-corrected chi connectivity index (χ3v) is 4.98. The number of hydrogen-bond donors (Lipinski definition) is 1. The fourth-order valence-corrected chi connectivity index (χ4v) is 3.42. The molecule has 0 bridgehead atoms. The van der Waals surface area contributed by atoms with Gasteiger partial charge in [0.25, 0.3) is 0 Å². The Hall–Kier alpha value is -4.25. The fraction of sp³-hybridized carbons (Fsp3) is 0.0741. The van der Waals surface area contributed by atoms with Crippen molar-refractivity contribution in [1.82, 2.24) is 5.43 Å². The first-order chi connectivity index (χ1) is 15.6. The minimum atomic E-state index is -0.452. The van der Waals surface area contributed by atoms with Crippen molar-refractivity contribution in [3.05, 3.63) is 113 Å². The number of amides is 1. The number of hydrogen-bond acceptors (Lipinski definition) is 4. The molecule has 0 fully saturated rings. The average molecular weight is 422 g/mol. The highest BCUT2D eigenvalue weighted by molar-refractivity contribution is 6.04. The predicted molar refractivity (Wildman–Crippen MR) is 126 cm³/mol. The Morgan fingerprint density at radius 2 is 1.69 bits per heavy atom. The molecule has 0 unspecified atom stereocenters. The topological polar surface area (TPSA) is 67.8 Å². The number of aryl methyl sites for hydroxylation is 1. The van der Waals surface area contributed by atoms with E-state index in [2.05, 4.69) is 10.5 Å². The molecule has 0 saturated carbocycles. The molecule has 5 heteroatoms. The summed E-state index contributed by atoms with van der Waals surface area (Å²) < 4.78 is 5.70. The second kappa shape index (κ2) is 9.71. The summed E-state index contributed by atoms with van der Waals surface area (Å²) in [6.07, 6.45) is 1.74. The van der Waals surface area contributed by atoms with Gasteiger partial charge in [-0.25, -0.2) is 10.2 Å². The molecule has 0 aliphatic rings. The first kappa shape index (κ1) is 21.0. The van der Waals surface area contributed by atoms with Gasteiger partial charge in [0.1, 0.15) is 5.75 Å². The summed E-state index contributed by atoms with van der Waals surface area (Å²) in [5.41, 5.74) is 5.51. The van der Waals surface area contributed by atoms with E-state index >= 15 is 0 Å². The molecule has 0 aliphatic heterocycles. The molecule has 4 aromatic rings. The van der Waals surface area contributed by atoms with E-state index in [1.807, 2.05) is 79.7 Å². The minimum absolute atomic E-state index is 0.225. The number of hydrazone groups is 1. The van der Waals surface area contributed by atoms with Crippen LogP contribution in [0.3, 0.4) is 0 Å². The van der Waals surface area contributed by atoms with Crippen molar-refractivity contribution in [2.75, 3.05) is 0 Å². The maximum Gasteiger partial charge on any atom is 0.343 e. The fourth-order valence-electron chi connectivity index (χ4n) is 3.42. The van der Waals surface area contributed by atoms with Gasteiger partial charge in [-0.05, 0) is 41.5 Å². The molecule has 4 aromatic carbocycles. The quantitative estimate of drug-likeness (QED) is 0.204. The van der Waals surface area contributed by atoms with Crippen LogP contribution in [0.1, 0.15) is 27.0 Å². The monoisotopic (exact) mass is 422 g/mol. The number of esters is 1. The summed E-state index contributed by atoms with van der Waals surface area (Å²) in [5, 5.41) is 5.96. The van der Waals surface area contributed by atoms with Crippen LogP contribution < -0.4 is 10.2 Å².